The van der Waals surface area contributed by atoms with Crippen molar-refractivity contribution in [1.29, 1.82) is 5.26 Å². The van der Waals surface area contributed by atoms with Gasteiger partial charge in [-0.25, -0.2) is 0 Å². The van der Waals surface area contributed by atoms with Gasteiger partial charge in [0.1, 0.15) is 0 Å². The lowest BCUT2D eigenvalue weighted by Crippen LogP contribution is -2.27. The van der Waals surface area contributed by atoms with Crippen molar-refractivity contribution in [3.63, 3.8) is 0 Å². The van der Waals surface area contributed by atoms with Crippen LogP contribution in [0.1, 0.15) is 30.9 Å². The number of halogens is 1. The molecule has 0 bridgehead atoms. The molecule has 0 radical (unpaired) electrons. The molecule has 16 heavy (non-hydrogen) atoms. The van der Waals surface area contributed by atoms with Crippen molar-refractivity contribution < 1.29 is 0 Å². The monoisotopic (exact) mass is 280 g/mol. The average Bonchev–Trinajstić information content (AvgIpc) is 2.28. The van der Waals surface area contributed by atoms with Gasteiger partial charge in [0.25, 0.3) is 0 Å². The Morgan fingerprint density at radius 3 is 2.81 bits per heavy atom. The van der Waals surface area contributed by atoms with E-state index in [0.717, 1.165) is 17.4 Å². The highest BCUT2D eigenvalue weighted by atomic mass is 79.9. The largest absolute Gasteiger partial charge is 0.309 e. The molecule has 0 aliphatic heterocycles. The molecule has 0 heterocycles. The summed E-state index contributed by atoms with van der Waals surface area (Å²) in [5.41, 5.74) is 2.50. The molecule has 0 saturated carbocycles. The Kier molecular flexibility index (Phi) is 5.51. The van der Waals surface area contributed by atoms with Crippen LogP contribution in [0.15, 0.2) is 22.7 Å². The van der Waals surface area contributed by atoms with Crippen molar-refractivity contribution in [1.82, 2.24) is 5.32 Å². The molecule has 1 unspecified atom stereocenters. The molecule has 0 spiro atoms. The second-order valence-electron chi connectivity index (χ2n) is 3.93. The quantitative estimate of drug-likeness (QED) is 0.896. The number of hydrogen-bond acceptors (Lipinski definition) is 2. The molecule has 0 aromatic heterocycles. The molecule has 1 atom stereocenters. The minimum absolute atomic E-state index is 0.300. The van der Waals surface area contributed by atoms with Gasteiger partial charge in [-0.1, -0.05) is 35.0 Å². The lowest BCUT2D eigenvalue weighted by Gasteiger charge is -2.13. The maximum Gasteiger partial charge on any atom is 0.0638 e. The van der Waals surface area contributed by atoms with Crippen LogP contribution in [-0.2, 0) is 6.54 Å². The van der Waals surface area contributed by atoms with Crippen LogP contribution in [-0.4, -0.2) is 6.04 Å². The van der Waals surface area contributed by atoms with Gasteiger partial charge in [0.15, 0.2) is 0 Å². The third-order valence-electron chi connectivity index (χ3n) is 2.65. The van der Waals surface area contributed by atoms with Crippen LogP contribution in [0.25, 0.3) is 0 Å². The van der Waals surface area contributed by atoms with Gasteiger partial charge in [-0.05, 0) is 30.5 Å². The van der Waals surface area contributed by atoms with Crippen molar-refractivity contribution >= 4 is 15.9 Å². The number of nitriles is 1. The minimum atomic E-state index is 0.300. The van der Waals surface area contributed by atoms with E-state index in [1.807, 2.05) is 0 Å². The number of hydrogen-bond donors (Lipinski definition) is 1. The Morgan fingerprint density at radius 1 is 1.50 bits per heavy atom. The topological polar surface area (TPSA) is 35.8 Å². The SMILES string of the molecule is CCC(CC#N)NCc1ccc(Br)c(C)c1. The fraction of sp³-hybridized carbons (Fsp3) is 0.462. The van der Waals surface area contributed by atoms with Gasteiger partial charge in [0, 0.05) is 17.1 Å². The predicted molar refractivity (Wildman–Crippen MR) is 70.0 cm³/mol. The maximum atomic E-state index is 8.65. The normalized spacial score (nSPS) is 12.1. The van der Waals surface area contributed by atoms with Gasteiger partial charge in [-0.15, -0.1) is 0 Å². The van der Waals surface area contributed by atoms with E-state index in [9.17, 15) is 0 Å². The van der Waals surface area contributed by atoms with Gasteiger partial charge in [0.2, 0.25) is 0 Å². The van der Waals surface area contributed by atoms with E-state index in [0.29, 0.717) is 12.5 Å². The van der Waals surface area contributed by atoms with Gasteiger partial charge in [-0.2, -0.15) is 5.26 Å². The molecule has 0 amide bonds. The lowest BCUT2D eigenvalue weighted by atomic mass is 10.1. The Labute approximate surface area is 106 Å². The molecule has 0 fully saturated rings. The molecule has 1 rings (SSSR count). The summed E-state index contributed by atoms with van der Waals surface area (Å²) in [4.78, 5) is 0. The summed E-state index contributed by atoms with van der Waals surface area (Å²) in [5, 5.41) is 12.0. The molecule has 0 saturated heterocycles. The molecule has 0 aliphatic carbocycles. The molecular formula is C13H17BrN2. The number of rotatable bonds is 5. The van der Waals surface area contributed by atoms with E-state index >= 15 is 0 Å². The summed E-state index contributed by atoms with van der Waals surface area (Å²) in [6.45, 7) is 5.01. The first kappa shape index (κ1) is 13.2. The summed E-state index contributed by atoms with van der Waals surface area (Å²) < 4.78 is 1.14. The fourth-order valence-corrected chi connectivity index (χ4v) is 1.80. The van der Waals surface area contributed by atoms with Gasteiger partial charge in [-0.3, -0.25) is 0 Å². The molecular weight excluding hydrogens is 264 g/mol. The van der Waals surface area contributed by atoms with Crippen LogP contribution in [0.5, 0.6) is 0 Å². The van der Waals surface area contributed by atoms with Crippen molar-refractivity contribution in [2.75, 3.05) is 0 Å². The number of nitrogens with zero attached hydrogens (tertiary/aromatic N) is 1. The fourth-order valence-electron chi connectivity index (χ4n) is 1.55. The maximum absolute atomic E-state index is 8.65. The van der Waals surface area contributed by atoms with E-state index in [2.05, 4.69) is 59.4 Å². The Hall–Kier alpha value is -0.850. The summed E-state index contributed by atoms with van der Waals surface area (Å²) in [5.74, 6) is 0. The standard InChI is InChI=1S/C13H17BrN2/c1-3-12(6-7-15)16-9-11-4-5-13(14)10(2)8-11/h4-5,8,12,16H,3,6,9H2,1-2H3. The predicted octanol–water partition coefficient (Wildman–Crippen LogP) is 3.54. The van der Waals surface area contributed by atoms with E-state index in [-0.39, 0.29) is 0 Å². The van der Waals surface area contributed by atoms with Gasteiger partial charge >= 0.3 is 0 Å². The highest BCUT2D eigenvalue weighted by molar-refractivity contribution is 9.10. The number of aryl methyl sites for hydroxylation is 1. The summed E-state index contributed by atoms with van der Waals surface area (Å²) >= 11 is 3.48. The first-order valence-corrected chi connectivity index (χ1v) is 6.32. The van der Waals surface area contributed by atoms with Crippen molar-refractivity contribution in [3.8, 4) is 6.07 Å². The molecule has 1 aromatic rings. The van der Waals surface area contributed by atoms with Crippen LogP contribution in [0.3, 0.4) is 0 Å². The number of benzene rings is 1. The molecule has 0 aliphatic rings. The van der Waals surface area contributed by atoms with E-state index in [4.69, 9.17) is 5.26 Å². The highest BCUT2D eigenvalue weighted by Crippen LogP contribution is 2.17. The van der Waals surface area contributed by atoms with Gasteiger partial charge < -0.3 is 5.32 Å². The Morgan fingerprint density at radius 2 is 2.25 bits per heavy atom. The third-order valence-corrected chi connectivity index (χ3v) is 3.54. The van der Waals surface area contributed by atoms with Crippen LogP contribution in [0, 0.1) is 18.3 Å². The molecule has 86 valence electrons. The first-order chi connectivity index (χ1) is 7.67. The summed E-state index contributed by atoms with van der Waals surface area (Å²) in [6.07, 6.45) is 1.56. The van der Waals surface area contributed by atoms with Crippen LogP contribution < -0.4 is 5.32 Å². The van der Waals surface area contributed by atoms with Crippen molar-refractivity contribution in [2.24, 2.45) is 0 Å². The zero-order chi connectivity index (χ0) is 12.0. The van der Waals surface area contributed by atoms with Crippen molar-refractivity contribution in [2.45, 2.75) is 39.3 Å². The van der Waals surface area contributed by atoms with Crippen LogP contribution in [0.4, 0.5) is 0 Å². The summed E-state index contributed by atoms with van der Waals surface area (Å²) in [6, 6.07) is 8.84. The number of nitrogens with one attached hydrogen (secondary N) is 1. The molecule has 3 heteroatoms. The highest BCUT2D eigenvalue weighted by Gasteiger charge is 2.05. The van der Waals surface area contributed by atoms with E-state index in [1.165, 1.54) is 11.1 Å². The van der Waals surface area contributed by atoms with Crippen LogP contribution in [0.2, 0.25) is 0 Å². The lowest BCUT2D eigenvalue weighted by molar-refractivity contribution is 0.505. The van der Waals surface area contributed by atoms with Crippen LogP contribution >= 0.6 is 15.9 Å². The third kappa shape index (κ3) is 3.96. The second-order valence-corrected chi connectivity index (χ2v) is 4.79. The van der Waals surface area contributed by atoms with E-state index in [1.54, 1.807) is 0 Å². The smallest absolute Gasteiger partial charge is 0.0638 e. The minimum Gasteiger partial charge on any atom is -0.309 e. The molecule has 1 aromatic carbocycles. The zero-order valence-electron chi connectivity index (χ0n) is 9.76. The Bertz CT molecular complexity index is 382. The second kappa shape index (κ2) is 6.67. The first-order valence-electron chi connectivity index (χ1n) is 5.52. The summed E-state index contributed by atoms with van der Waals surface area (Å²) in [7, 11) is 0. The Balaban J connectivity index is 2.54. The van der Waals surface area contributed by atoms with Crippen molar-refractivity contribution in [3.05, 3.63) is 33.8 Å². The zero-order valence-corrected chi connectivity index (χ0v) is 11.3. The average molecular weight is 281 g/mol. The van der Waals surface area contributed by atoms with Gasteiger partial charge in [0.05, 0.1) is 12.5 Å². The van der Waals surface area contributed by atoms with E-state index < -0.39 is 0 Å². The molecule has 1 N–H and O–H groups in total. The molecule has 2 nitrogen and oxygen atoms in total.